The van der Waals surface area contributed by atoms with Crippen LogP contribution >= 0.6 is 0 Å². The molecule has 1 unspecified atom stereocenters. The Hall–Kier alpha value is -1.43. The number of rotatable bonds is 8. The van der Waals surface area contributed by atoms with Crippen molar-refractivity contribution in [2.45, 2.75) is 12.3 Å². The highest BCUT2D eigenvalue weighted by atomic mass is 16.2. The summed E-state index contributed by atoms with van der Waals surface area (Å²) in [7, 11) is 3.96. The van der Waals surface area contributed by atoms with Crippen LogP contribution in [0.3, 0.4) is 0 Å². The number of hydrogen-bond donors (Lipinski definition) is 3. The summed E-state index contributed by atoms with van der Waals surface area (Å²) in [5.41, 5.74) is 3.25. The molecule has 0 heterocycles. The summed E-state index contributed by atoms with van der Waals surface area (Å²) in [6, 6.07) is 9.74. The van der Waals surface area contributed by atoms with Gasteiger partial charge in [0.15, 0.2) is 0 Å². The minimum Gasteiger partial charge on any atom is -0.320 e. The summed E-state index contributed by atoms with van der Waals surface area (Å²) in [5.74, 6) is 4.90. The van der Waals surface area contributed by atoms with Crippen molar-refractivity contribution < 1.29 is 4.79 Å². The third kappa shape index (κ3) is 5.38. The predicted molar refractivity (Wildman–Crippen MR) is 77.6 cm³/mol. The van der Waals surface area contributed by atoms with Crippen molar-refractivity contribution in [3.05, 3.63) is 35.9 Å². The van der Waals surface area contributed by atoms with Crippen LogP contribution in [0, 0.1) is 0 Å². The second kappa shape index (κ2) is 8.63. The highest BCUT2D eigenvalue weighted by Gasteiger charge is 2.21. The molecule has 1 aromatic carbocycles. The Morgan fingerprint density at radius 2 is 2.05 bits per heavy atom. The zero-order chi connectivity index (χ0) is 14.1. The SMILES string of the molecule is CNCCCN(C)CC(C(=O)NN)c1ccccc1. The first-order chi connectivity index (χ1) is 9.19. The van der Waals surface area contributed by atoms with E-state index < -0.39 is 0 Å². The number of hydrazine groups is 1. The fourth-order valence-corrected chi connectivity index (χ4v) is 2.05. The van der Waals surface area contributed by atoms with Crippen LogP contribution in [0.4, 0.5) is 0 Å². The monoisotopic (exact) mass is 264 g/mol. The minimum atomic E-state index is -0.231. The van der Waals surface area contributed by atoms with Crippen molar-refractivity contribution in [2.24, 2.45) is 5.84 Å². The summed E-state index contributed by atoms with van der Waals surface area (Å²) >= 11 is 0. The Bertz CT molecular complexity index is 369. The van der Waals surface area contributed by atoms with Crippen molar-refractivity contribution in [3.8, 4) is 0 Å². The zero-order valence-electron chi connectivity index (χ0n) is 11.7. The summed E-state index contributed by atoms with van der Waals surface area (Å²) in [4.78, 5) is 14.1. The molecule has 106 valence electrons. The topological polar surface area (TPSA) is 70.4 Å². The zero-order valence-corrected chi connectivity index (χ0v) is 11.7. The minimum absolute atomic E-state index is 0.147. The lowest BCUT2D eigenvalue weighted by Crippen LogP contribution is -2.40. The standard InChI is InChI=1S/C14H24N4O/c1-16-9-6-10-18(2)11-13(14(19)17-15)12-7-4-3-5-8-12/h3-5,7-8,13,16H,6,9-11,15H2,1-2H3,(H,17,19). The second-order valence-electron chi connectivity index (χ2n) is 4.69. The number of hydrogen-bond acceptors (Lipinski definition) is 4. The molecule has 0 spiro atoms. The van der Waals surface area contributed by atoms with Gasteiger partial charge in [-0.05, 0) is 39.2 Å². The third-order valence-electron chi connectivity index (χ3n) is 3.12. The molecule has 5 heteroatoms. The van der Waals surface area contributed by atoms with E-state index in [-0.39, 0.29) is 11.8 Å². The molecular formula is C14H24N4O. The van der Waals surface area contributed by atoms with Gasteiger partial charge in [0.1, 0.15) is 0 Å². The van der Waals surface area contributed by atoms with Gasteiger partial charge in [0.25, 0.3) is 0 Å². The van der Waals surface area contributed by atoms with E-state index in [4.69, 9.17) is 5.84 Å². The van der Waals surface area contributed by atoms with E-state index in [9.17, 15) is 4.79 Å². The van der Waals surface area contributed by atoms with Gasteiger partial charge in [0.05, 0.1) is 5.92 Å². The molecule has 0 radical (unpaired) electrons. The molecule has 0 bridgehead atoms. The first-order valence-corrected chi connectivity index (χ1v) is 6.57. The van der Waals surface area contributed by atoms with Gasteiger partial charge in [0.2, 0.25) is 5.91 Å². The van der Waals surface area contributed by atoms with Gasteiger partial charge < -0.3 is 10.2 Å². The van der Waals surface area contributed by atoms with Gasteiger partial charge in [-0.15, -0.1) is 0 Å². The van der Waals surface area contributed by atoms with Crippen LogP contribution in [0.1, 0.15) is 17.9 Å². The number of benzene rings is 1. The maximum atomic E-state index is 11.9. The Morgan fingerprint density at radius 1 is 1.37 bits per heavy atom. The van der Waals surface area contributed by atoms with Crippen LogP contribution in [0.2, 0.25) is 0 Å². The molecule has 0 saturated heterocycles. The van der Waals surface area contributed by atoms with Crippen molar-refractivity contribution in [1.29, 1.82) is 0 Å². The molecule has 0 aliphatic rings. The van der Waals surface area contributed by atoms with Crippen molar-refractivity contribution in [1.82, 2.24) is 15.6 Å². The van der Waals surface area contributed by atoms with Crippen molar-refractivity contribution in [2.75, 3.05) is 33.7 Å². The van der Waals surface area contributed by atoms with E-state index in [2.05, 4.69) is 15.6 Å². The smallest absolute Gasteiger partial charge is 0.242 e. The van der Waals surface area contributed by atoms with Crippen LogP contribution in [0.5, 0.6) is 0 Å². The summed E-state index contributed by atoms with van der Waals surface area (Å²) < 4.78 is 0. The van der Waals surface area contributed by atoms with Gasteiger partial charge in [-0.2, -0.15) is 0 Å². The molecule has 0 aromatic heterocycles. The molecule has 4 N–H and O–H groups in total. The second-order valence-corrected chi connectivity index (χ2v) is 4.69. The summed E-state index contributed by atoms with van der Waals surface area (Å²) in [6.07, 6.45) is 1.05. The highest BCUT2D eigenvalue weighted by molar-refractivity contribution is 5.83. The van der Waals surface area contributed by atoms with E-state index >= 15 is 0 Å². The normalized spacial score (nSPS) is 12.4. The first kappa shape index (κ1) is 15.6. The fraction of sp³-hybridized carbons (Fsp3) is 0.500. The van der Waals surface area contributed by atoms with E-state index in [1.807, 2.05) is 44.4 Å². The Balaban J connectivity index is 2.63. The molecule has 0 aliphatic carbocycles. The Kier molecular flexibility index (Phi) is 7.10. The number of nitrogens with one attached hydrogen (secondary N) is 2. The number of nitrogens with zero attached hydrogens (tertiary/aromatic N) is 1. The van der Waals surface area contributed by atoms with Crippen LogP contribution in [0.25, 0.3) is 0 Å². The molecule has 5 nitrogen and oxygen atoms in total. The average molecular weight is 264 g/mol. The van der Waals surface area contributed by atoms with E-state index in [0.29, 0.717) is 6.54 Å². The van der Waals surface area contributed by atoms with Gasteiger partial charge in [-0.1, -0.05) is 30.3 Å². The largest absolute Gasteiger partial charge is 0.320 e. The third-order valence-corrected chi connectivity index (χ3v) is 3.12. The van der Waals surface area contributed by atoms with E-state index in [1.165, 1.54) is 0 Å². The number of nitrogens with two attached hydrogens (primary N) is 1. The van der Waals surface area contributed by atoms with Gasteiger partial charge in [-0.25, -0.2) is 5.84 Å². The quantitative estimate of drug-likeness (QED) is 0.273. The molecule has 1 rings (SSSR count). The summed E-state index contributed by atoms with van der Waals surface area (Å²) in [6.45, 7) is 2.59. The maximum Gasteiger partial charge on any atom is 0.242 e. The number of carbonyl (C=O) groups is 1. The van der Waals surface area contributed by atoms with E-state index in [1.54, 1.807) is 0 Å². The van der Waals surface area contributed by atoms with Gasteiger partial charge >= 0.3 is 0 Å². The predicted octanol–water partition coefficient (Wildman–Crippen LogP) is 0.301. The van der Waals surface area contributed by atoms with Gasteiger partial charge in [0, 0.05) is 6.54 Å². The van der Waals surface area contributed by atoms with Crippen LogP contribution < -0.4 is 16.6 Å². The number of likely N-dealkylation sites (N-methyl/N-ethyl adjacent to an activating group) is 1. The fourth-order valence-electron chi connectivity index (χ4n) is 2.05. The Labute approximate surface area is 115 Å². The summed E-state index contributed by atoms with van der Waals surface area (Å²) in [5, 5.41) is 3.12. The number of carbonyl (C=O) groups excluding carboxylic acids is 1. The molecule has 1 aromatic rings. The van der Waals surface area contributed by atoms with Crippen LogP contribution in [-0.2, 0) is 4.79 Å². The highest BCUT2D eigenvalue weighted by Crippen LogP contribution is 2.16. The lowest BCUT2D eigenvalue weighted by Gasteiger charge is -2.23. The average Bonchev–Trinajstić information content (AvgIpc) is 2.45. The van der Waals surface area contributed by atoms with E-state index in [0.717, 1.165) is 25.1 Å². The molecule has 19 heavy (non-hydrogen) atoms. The molecule has 1 atom stereocenters. The molecule has 0 aliphatic heterocycles. The van der Waals surface area contributed by atoms with Crippen molar-refractivity contribution in [3.63, 3.8) is 0 Å². The van der Waals surface area contributed by atoms with Crippen molar-refractivity contribution >= 4 is 5.91 Å². The number of amides is 1. The molecule has 0 fully saturated rings. The van der Waals surface area contributed by atoms with Gasteiger partial charge in [-0.3, -0.25) is 10.2 Å². The molecule has 1 amide bonds. The van der Waals surface area contributed by atoms with Crippen LogP contribution in [-0.4, -0.2) is 44.5 Å². The Morgan fingerprint density at radius 3 is 2.63 bits per heavy atom. The van der Waals surface area contributed by atoms with Crippen LogP contribution in [0.15, 0.2) is 30.3 Å². The molecular weight excluding hydrogens is 240 g/mol. The lowest BCUT2D eigenvalue weighted by atomic mass is 9.98. The maximum absolute atomic E-state index is 11.9. The lowest BCUT2D eigenvalue weighted by molar-refractivity contribution is -0.123. The molecule has 0 saturated carbocycles. The first-order valence-electron chi connectivity index (χ1n) is 6.57.